The molecule has 2 rings (SSSR count). The maximum atomic E-state index is 12.6. The van der Waals surface area contributed by atoms with Crippen molar-refractivity contribution in [1.82, 2.24) is 9.88 Å². The molecule has 0 aromatic carbocycles. The summed E-state index contributed by atoms with van der Waals surface area (Å²) in [5.74, 6) is 0.171. The van der Waals surface area contributed by atoms with E-state index in [0.717, 1.165) is 0 Å². The van der Waals surface area contributed by atoms with Gasteiger partial charge in [0.05, 0.1) is 19.8 Å². The summed E-state index contributed by atoms with van der Waals surface area (Å²) in [7, 11) is 0. The number of hydrogen-bond donors (Lipinski definition) is 1. The van der Waals surface area contributed by atoms with Gasteiger partial charge in [-0.2, -0.15) is 0 Å². The summed E-state index contributed by atoms with van der Waals surface area (Å²) in [5, 5.41) is 9.27. The summed E-state index contributed by atoms with van der Waals surface area (Å²) in [6.45, 7) is 4.27. The third-order valence-corrected chi connectivity index (χ3v) is 3.17. The zero-order valence-corrected chi connectivity index (χ0v) is 11.6. The average molecular weight is 280 g/mol. The number of rotatable bonds is 4. The second-order valence-electron chi connectivity index (χ2n) is 4.66. The van der Waals surface area contributed by atoms with E-state index < -0.39 is 0 Å². The minimum Gasteiger partial charge on any atom is -0.477 e. The minimum atomic E-state index is -0.134. The van der Waals surface area contributed by atoms with Gasteiger partial charge in [0.25, 0.3) is 5.91 Å². The van der Waals surface area contributed by atoms with Crippen LogP contribution in [-0.2, 0) is 4.74 Å². The summed E-state index contributed by atoms with van der Waals surface area (Å²) >= 11 is 0. The molecule has 20 heavy (non-hydrogen) atoms. The Kier molecular flexibility index (Phi) is 5.31. The van der Waals surface area contributed by atoms with Gasteiger partial charge in [-0.1, -0.05) is 0 Å². The van der Waals surface area contributed by atoms with Gasteiger partial charge in [0, 0.05) is 31.8 Å². The molecule has 1 aliphatic rings. The van der Waals surface area contributed by atoms with Crippen molar-refractivity contribution in [1.29, 1.82) is 0 Å². The van der Waals surface area contributed by atoms with Gasteiger partial charge in [0.1, 0.15) is 5.56 Å². The lowest BCUT2D eigenvalue weighted by Gasteiger charge is -2.23. The molecule has 1 aromatic heterocycles. The van der Waals surface area contributed by atoms with E-state index >= 15 is 0 Å². The van der Waals surface area contributed by atoms with Crippen LogP contribution in [0.15, 0.2) is 18.3 Å². The number of pyridine rings is 1. The van der Waals surface area contributed by atoms with E-state index in [1.807, 2.05) is 6.92 Å². The zero-order chi connectivity index (χ0) is 14.4. The van der Waals surface area contributed by atoms with E-state index in [9.17, 15) is 9.90 Å². The summed E-state index contributed by atoms with van der Waals surface area (Å²) in [5.41, 5.74) is 0.452. The minimum absolute atomic E-state index is 0.00906. The average Bonchev–Trinajstić information content (AvgIpc) is 2.73. The van der Waals surface area contributed by atoms with Gasteiger partial charge < -0.3 is 19.5 Å². The molecule has 6 heteroatoms. The lowest BCUT2D eigenvalue weighted by molar-refractivity contribution is 0.0723. The Balaban J connectivity index is 2.17. The third-order valence-electron chi connectivity index (χ3n) is 3.17. The maximum absolute atomic E-state index is 12.6. The largest absolute Gasteiger partial charge is 0.477 e. The van der Waals surface area contributed by atoms with Crippen LogP contribution in [0.25, 0.3) is 0 Å². The highest BCUT2D eigenvalue weighted by Crippen LogP contribution is 2.18. The fourth-order valence-corrected chi connectivity index (χ4v) is 2.15. The van der Waals surface area contributed by atoms with Crippen molar-refractivity contribution in [3.63, 3.8) is 0 Å². The van der Waals surface area contributed by atoms with Crippen LogP contribution < -0.4 is 4.74 Å². The van der Waals surface area contributed by atoms with Crippen molar-refractivity contribution in [2.45, 2.75) is 6.92 Å². The van der Waals surface area contributed by atoms with Gasteiger partial charge in [-0.05, 0) is 19.1 Å². The molecular weight excluding hydrogens is 260 g/mol. The lowest BCUT2D eigenvalue weighted by Crippen LogP contribution is -2.37. The van der Waals surface area contributed by atoms with Crippen molar-refractivity contribution in [2.24, 2.45) is 5.92 Å². The molecule has 110 valence electrons. The first-order chi connectivity index (χ1) is 9.76. The summed E-state index contributed by atoms with van der Waals surface area (Å²) in [4.78, 5) is 18.4. The quantitative estimate of drug-likeness (QED) is 0.872. The number of aliphatic hydroxyl groups excluding tert-OH is 1. The van der Waals surface area contributed by atoms with E-state index in [1.54, 1.807) is 23.2 Å². The Morgan fingerprint density at radius 3 is 3.25 bits per heavy atom. The van der Waals surface area contributed by atoms with Crippen LogP contribution in [0.4, 0.5) is 0 Å². The monoisotopic (exact) mass is 280 g/mol. The van der Waals surface area contributed by atoms with Gasteiger partial charge in [-0.3, -0.25) is 4.79 Å². The molecule has 1 atom stereocenters. The lowest BCUT2D eigenvalue weighted by atomic mass is 10.1. The highest BCUT2D eigenvalue weighted by atomic mass is 16.5. The van der Waals surface area contributed by atoms with E-state index in [-0.39, 0.29) is 18.4 Å². The Hall–Kier alpha value is -1.66. The van der Waals surface area contributed by atoms with Crippen LogP contribution >= 0.6 is 0 Å². The number of nitrogens with zero attached hydrogens (tertiary/aromatic N) is 2. The smallest absolute Gasteiger partial charge is 0.259 e. The Bertz CT molecular complexity index is 453. The van der Waals surface area contributed by atoms with Crippen molar-refractivity contribution < 1.29 is 19.4 Å². The molecule has 0 unspecified atom stereocenters. The van der Waals surface area contributed by atoms with Crippen molar-refractivity contribution in [3.8, 4) is 5.88 Å². The van der Waals surface area contributed by atoms with Crippen LogP contribution in [0.5, 0.6) is 5.88 Å². The molecule has 1 N–H and O–H groups in total. The van der Waals surface area contributed by atoms with Gasteiger partial charge >= 0.3 is 0 Å². The number of carbonyl (C=O) groups excluding carboxylic acids is 1. The Labute approximate surface area is 118 Å². The first kappa shape index (κ1) is 14.7. The predicted octanol–water partition coefficient (Wildman–Crippen LogP) is 0.561. The fraction of sp³-hybridized carbons (Fsp3) is 0.571. The van der Waals surface area contributed by atoms with E-state index in [1.165, 1.54) is 0 Å². The van der Waals surface area contributed by atoms with Gasteiger partial charge in [0.15, 0.2) is 0 Å². The molecule has 1 aromatic rings. The van der Waals surface area contributed by atoms with Crippen LogP contribution in [0, 0.1) is 5.92 Å². The predicted molar refractivity (Wildman–Crippen MR) is 72.7 cm³/mol. The first-order valence-electron chi connectivity index (χ1n) is 6.82. The summed E-state index contributed by atoms with van der Waals surface area (Å²) < 4.78 is 10.8. The van der Waals surface area contributed by atoms with Crippen molar-refractivity contribution in [3.05, 3.63) is 23.9 Å². The molecule has 1 amide bonds. The van der Waals surface area contributed by atoms with Crippen molar-refractivity contribution >= 4 is 5.91 Å². The van der Waals surface area contributed by atoms with Gasteiger partial charge in [0.2, 0.25) is 5.88 Å². The van der Waals surface area contributed by atoms with Gasteiger partial charge in [-0.25, -0.2) is 4.98 Å². The van der Waals surface area contributed by atoms with Crippen LogP contribution in [-0.4, -0.2) is 60.4 Å². The second kappa shape index (κ2) is 7.21. The maximum Gasteiger partial charge on any atom is 0.259 e. The molecule has 1 fully saturated rings. The molecule has 6 nitrogen and oxygen atoms in total. The van der Waals surface area contributed by atoms with Crippen LogP contribution in [0.3, 0.4) is 0 Å². The number of amides is 1. The molecule has 0 spiro atoms. The number of carbonyl (C=O) groups is 1. The number of hydrogen-bond acceptors (Lipinski definition) is 5. The molecule has 2 heterocycles. The molecule has 0 bridgehead atoms. The second-order valence-corrected chi connectivity index (χ2v) is 4.66. The summed E-state index contributed by atoms with van der Waals surface area (Å²) in [6.07, 6.45) is 1.60. The number of aromatic nitrogens is 1. The van der Waals surface area contributed by atoms with E-state index in [2.05, 4.69) is 4.98 Å². The van der Waals surface area contributed by atoms with Crippen LogP contribution in [0.2, 0.25) is 0 Å². The highest BCUT2D eigenvalue weighted by Gasteiger charge is 2.25. The topological polar surface area (TPSA) is 71.9 Å². The Morgan fingerprint density at radius 2 is 2.50 bits per heavy atom. The third kappa shape index (κ3) is 3.46. The fourth-order valence-electron chi connectivity index (χ4n) is 2.15. The molecule has 0 aliphatic carbocycles. The van der Waals surface area contributed by atoms with E-state index in [0.29, 0.717) is 44.4 Å². The standard InChI is InChI=1S/C14H20N2O4/c1-2-20-13-12(4-3-5-15-13)14(18)16-6-7-19-10-11(8-16)9-17/h3-5,11,17H,2,6-10H2,1H3/t11-/m0/s1. The number of aliphatic hydroxyl groups is 1. The number of ether oxygens (including phenoxy) is 2. The first-order valence-corrected chi connectivity index (χ1v) is 6.82. The van der Waals surface area contributed by atoms with Crippen LogP contribution in [0.1, 0.15) is 17.3 Å². The molecule has 1 saturated heterocycles. The van der Waals surface area contributed by atoms with E-state index in [4.69, 9.17) is 9.47 Å². The SMILES string of the molecule is CCOc1ncccc1C(=O)N1CCOC[C@H](CO)C1. The van der Waals surface area contributed by atoms with Crippen molar-refractivity contribution in [2.75, 3.05) is 39.5 Å². The Morgan fingerprint density at radius 1 is 1.65 bits per heavy atom. The van der Waals surface area contributed by atoms with Gasteiger partial charge in [-0.15, -0.1) is 0 Å². The normalized spacial score (nSPS) is 19.5. The molecule has 0 saturated carbocycles. The molecule has 1 aliphatic heterocycles. The zero-order valence-electron chi connectivity index (χ0n) is 11.6. The highest BCUT2D eigenvalue weighted by molar-refractivity contribution is 5.96. The summed E-state index contributed by atoms with van der Waals surface area (Å²) in [6, 6.07) is 3.42. The molecular formula is C14H20N2O4. The molecule has 0 radical (unpaired) electrons.